The predicted octanol–water partition coefficient (Wildman–Crippen LogP) is 3.11. The molecule has 3 atom stereocenters. The molecule has 0 spiro atoms. The lowest BCUT2D eigenvalue weighted by Crippen LogP contribution is -2.56. The van der Waals surface area contributed by atoms with Crippen LogP contribution in [0.25, 0.3) is 0 Å². The maximum Gasteiger partial charge on any atom is 0.165 e. The molecular formula is C19H24O3. The van der Waals surface area contributed by atoms with Crippen LogP contribution in [-0.2, 0) is 16.6 Å². The van der Waals surface area contributed by atoms with Crippen molar-refractivity contribution in [1.29, 1.82) is 0 Å². The molecule has 3 nitrogen and oxygen atoms in total. The molecular weight excluding hydrogens is 276 g/mol. The summed E-state index contributed by atoms with van der Waals surface area (Å²) in [6, 6.07) is 5.61. The molecule has 0 bridgehead atoms. The van der Waals surface area contributed by atoms with Gasteiger partial charge in [-0.25, -0.2) is 0 Å². The number of hydrogen-bond donors (Lipinski definition) is 2. The molecule has 2 saturated carbocycles. The first-order valence-corrected chi connectivity index (χ1v) is 8.57. The van der Waals surface area contributed by atoms with E-state index in [2.05, 4.69) is 6.92 Å². The zero-order valence-electron chi connectivity index (χ0n) is 13.1. The van der Waals surface area contributed by atoms with Crippen molar-refractivity contribution in [3.63, 3.8) is 0 Å². The maximum absolute atomic E-state index is 12.8. The molecule has 3 heteroatoms. The van der Waals surface area contributed by atoms with E-state index in [1.807, 2.05) is 12.1 Å². The Morgan fingerprint density at radius 3 is 2.68 bits per heavy atom. The number of phenols is 1. The third-order valence-corrected chi connectivity index (χ3v) is 6.57. The van der Waals surface area contributed by atoms with E-state index in [4.69, 9.17) is 0 Å². The highest BCUT2D eigenvalue weighted by Crippen LogP contribution is 2.57. The van der Waals surface area contributed by atoms with Crippen LogP contribution in [0.15, 0.2) is 18.2 Å². The maximum atomic E-state index is 12.8. The van der Waals surface area contributed by atoms with Crippen LogP contribution >= 0.6 is 0 Å². The summed E-state index contributed by atoms with van der Waals surface area (Å²) in [6.07, 6.45) is 5.94. The molecule has 1 aromatic carbocycles. The molecule has 2 N–H and O–H groups in total. The smallest absolute Gasteiger partial charge is 0.165 e. The average molecular weight is 300 g/mol. The number of fused-ring (bicyclic) bond motifs is 3. The van der Waals surface area contributed by atoms with Crippen molar-refractivity contribution in [1.82, 2.24) is 0 Å². The second kappa shape index (κ2) is 4.58. The lowest BCUT2D eigenvalue weighted by molar-refractivity contribution is -0.152. The van der Waals surface area contributed by atoms with E-state index >= 15 is 0 Å². The minimum atomic E-state index is -1.06. The lowest BCUT2D eigenvalue weighted by Gasteiger charge is -2.52. The second-order valence-electron chi connectivity index (χ2n) is 7.59. The summed E-state index contributed by atoms with van der Waals surface area (Å²) in [7, 11) is 0. The highest BCUT2D eigenvalue weighted by molar-refractivity contribution is 5.90. The number of rotatable bonds is 2. The van der Waals surface area contributed by atoms with Crippen molar-refractivity contribution in [3.8, 4) is 5.75 Å². The van der Waals surface area contributed by atoms with E-state index in [1.54, 1.807) is 6.07 Å². The first kappa shape index (κ1) is 14.3. The first-order valence-electron chi connectivity index (χ1n) is 8.57. The standard InChI is InChI=1S/C19H24O3/c1-2-18-11-17(21)19(22,13-5-6-13)10-14(18)4-3-12-9-15(20)7-8-16(12)18/h7-9,13-14,20,22H,2-6,10-11H2,1H3. The van der Waals surface area contributed by atoms with E-state index in [0.29, 0.717) is 24.5 Å². The van der Waals surface area contributed by atoms with Gasteiger partial charge in [-0.05, 0) is 73.6 Å². The number of aromatic hydroxyl groups is 1. The number of Topliss-reactive ketones (excluding diaryl/α,β-unsaturated/α-hetero) is 1. The monoisotopic (exact) mass is 300 g/mol. The van der Waals surface area contributed by atoms with Gasteiger partial charge in [-0.1, -0.05) is 13.0 Å². The fraction of sp³-hybridized carbons (Fsp3) is 0.632. The van der Waals surface area contributed by atoms with E-state index in [9.17, 15) is 15.0 Å². The first-order chi connectivity index (χ1) is 10.5. The molecule has 2 fully saturated rings. The van der Waals surface area contributed by atoms with Gasteiger partial charge in [0, 0.05) is 11.8 Å². The van der Waals surface area contributed by atoms with Crippen LogP contribution in [-0.4, -0.2) is 21.6 Å². The molecule has 1 aromatic rings. The molecule has 0 amide bonds. The largest absolute Gasteiger partial charge is 0.508 e. The Bertz CT molecular complexity index is 634. The fourth-order valence-electron chi connectivity index (χ4n) is 5.12. The molecule has 0 aromatic heterocycles. The van der Waals surface area contributed by atoms with Gasteiger partial charge in [-0.3, -0.25) is 4.79 Å². The minimum absolute atomic E-state index is 0.0500. The lowest BCUT2D eigenvalue weighted by atomic mass is 9.52. The van der Waals surface area contributed by atoms with Gasteiger partial charge in [0.15, 0.2) is 5.78 Å². The van der Waals surface area contributed by atoms with Gasteiger partial charge in [0.1, 0.15) is 11.4 Å². The van der Waals surface area contributed by atoms with Crippen molar-refractivity contribution >= 4 is 5.78 Å². The average Bonchev–Trinajstić information content (AvgIpc) is 3.33. The van der Waals surface area contributed by atoms with Gasteiger partial charge in [0.2, 0.25) is 0 Å². The van der Waals surface area contributed by atoms with Gasteiger partial charge in [-0.2, -0.15) is 0 Å². The Hall–Kier alpha value is -1.35. The van der Waals surface area contributed by atoms with Gasteiger partial charge in [-0.15, -0.1) is 0 Å². The predicted molar refractivity (Wildman–Crippen MR) is 83.8 cm³/mol. The van der Waals surface area contributed by atoms with Crippen molar-refractivity contribution in [2.24, 2.45) is 11.8 Å². The summed E-state index contributed by atoms with van der Waals surface area (Å²) in [5.74, 6) is 0.933. The summed E-state index contributed by atoms with van der Waals surface area (Å²) >= 11 is 0. The normalized spacial score (nSPS) is 37.5. The van der Waals surface area contributed by atoms with Crippen LogP contribution in [0.2, 0.25) is 0 Å². The van der Waals surface area contributed by atoms with Crippen LogP contribution in [0.3, 0.4) is 0 Å². The van der Waals surface area contributed by atoms with Gasteiger partial charge < -0.3 is 10.2 Å². The van der Waals surface area contributed by atoms with Crippen LogP contribution in [0.5, 0.6) is 5.75 Å². The van der Waals surface area contributed by atoms with E-state index in [-0.39, 0.29) is 17.1 Å². The van der Waals surface area contributed by atoms with Gasteiger partial charge in [0.25, 0.3) is 0 Å². The number of aliphatic hydroxyl groups is 1. The Balaban J connectivity index is 1.78. The van der Waals surface area contributed by atoms with Crippen molar-refractivity contribution in [2.75, 3.05) is 0 Å². The Kier molecular flexibility index (Phi) is 2.96. The molecule has 3 aliphatic carbocycles. The molecule has 22 heavy (non-hydrogen) atoms. The molecule has 118 valence electrons. The highest BCUT2D eigenvalue weighted by atomic mass is 16.3. The molecule has 0 radical (unpaired) electrons. The topological polar surface area (TPSA) is 57.5 Å². The summed E-state index contributed by atoms with van der Waals surface area (Å²) in [5, 5.41) is 20.7. The molecule has 3 unspecified atom stereocenters. The van der Waals surface area contributed by atoms with Crippen LogP contribution in [0.1, 0.15) is 56.6 Å². The number of hydrogen-bond acceptors (Lipinski definition) is 3. The summed E-state index contributed by atoms with van der Waals surface area (Å²) in [5.41, 5.74) is 1.22. The van der Waals surface area contributed by atoms with Crippen LogP contribution < -0.4 is 0 Å². The van der Waals surface area contributed by atoms with Crippen LogP contribution in [0.4, 0.5) is 0 Å². The van der Waals surface area contributed by atoms with Gasteiger partial charge >= 0.3 is 0 Å². The van der Waals surface area contributed by atoms with Crippen LogP contribution in [0, 0.1) is 11.8 Å². The zero-order valence-corrected chi connectivity index (χ0v) is 13.1. The molecule has 0 saturated heterocycles. The number of benzene rings is 1. The van der Waals surface area contributed by atoms with Crippen molar-refractivity contribution in [2.45, 2.75) is 62.9 Å². The van der Waals surface area contributed by atoms with Crippen molar-refractivity contribution < 1.29 is 15.0 Å². The third kappa shape index (κ3) is 1.81. The molecule has 3 aliphatic rings. The minimum Gasteiger partial charge on any atom is -0.508 e. The van der Waals surface area contributed by atoms with Gasteiger partial charge in [0.05, 0.1) is 0 Å². The number of aryl methyl sites for hydroxylation is 1. The fourth-order valence-corrected chi connectivity index (χ4v) is 5.12. The Morgan fingerprint density at radius 2 is 2.00 bits per heavy atom. The zero-order chi connectivity index (χ0) is 15.5. The van der Waals surface area contributed by atoms with Crippen molar-refractivity contribution in [3.05, 3.63) is 29.3 Å². The summed E-state index contributed by atoms with van der Waals surface area (Å²) in [4.78, 5) is 12.8. The molecule has 0 aliphatic heterocycles. The Labute approximate surface area is 131 Å². The number of ketones is 1. The quantitative estimate of drug-likeness (QED) is 0.882. The van der Waals surface area contributed by atoms with E-state index in [0.717, 1.165) is 32.1 Å². The summed E-state index contributed by atoms with van der Waals surface area (Å²) < 4.78 is 0. The molecule has 0 heterocycles. The third-order valence-electron chi connectivity index (χ3n) is 6.57. The number of carbonyl (C=O) groups is 1. The Morgan fingerprint density at radius 1 is 1.23 bits per heavy atom. The number of carbonyl (C=O) groups excluding carboxylic acids is 1. The SMILES string of the molecule is CCC12CC(=O)C(O)(C3CC3)CC1CCc1cc(O)ccc12. The second-order valence-corrected chi connectivity index (χ2v) is 7.59. The number of phenolic OH excluding ortho intramolecular Hbond substituents is 1. The summed E-state index contributed by atoms with van der Waals surface area (Å²) in [6.45, 7) is 2.16. The molecule has 4 rings (SSSR count). The van der Waals surface area contributed by atoms with E-state index < -0.39 is 5.60 Å². The van der Waals surface area contributed by atoms with E-state index in [1.165, 1.54) is 11.1 Å². The highest BCUT2D eigenvalue weighted by Gasteiger charge is 2.59.